The van der Waals surface area contributed by atoms with Gasteiger partial charge in [-0.15, -0.1) is 0 Å². The minimum atomic E-state index is -4.77. The van der Waals surface area contributed by atoms with E-state index >= 15 is 9.59 Å². The minimum Gasteiger partial charge on any atom is -0.507 e. The van der Waals surface area contributed by atoms with Crippen LogP contribution in [0.2, 0.25) is 10.0 Å². The van der Waals surface area contributed by atoms with Gasteiger partial charge in [0.25, 0.3) is 11.8 Å². The largest absolute Gasteiger partial charge is 0.507 e. The van der Waals surface area contributed by atoms with Crippen molar-refractivity contribution in [1.82, 2.24) is 9.99 Å². The van der Waals surface area contributed by atoms with Crippen molar-refractivity contribution < 1.29 is 37.5 Å². The number of benzene rings is 5. The zero-order valence-electron chi connectivity index (χ0n) is 32.8. The number of aromatic hydroxyl groups is 1. The highest BCUT2D eigenvalue weighted by molar-refractivity contribution is 6.33. The number of halogens is 5. The van der Waals surface area contributed by atoms with Gasteiger partial charge >= 0.3 is 6.18 Å². The third-order valence-electron chi connectivity index (χ3n) is 13.0. The van der Waals surface area contributed by atoms with Gasteiger partial charge in [-0.3, -0.25) is 29.5 Å². The maximum Gasteiger partial charge on any atom is 0.417 e. The van der Waals surface area contributed by atoms with Gasteiger partial charge in [0.1, 0.15) is 5.75 Å². The zero-order valence-corrected chi connectivity index (χ0v) is 34.3. The number of pyridine rings is 1. The molecule has 15 heteroatoms. The molecule has 0 unspecified atom stereocenters. The number of phenols is 1. The Labute approximate surface area is 367 Å². The lowest BCUT2D eigenvalue weighted by molar-refractivity contribution is -0.139. The van der Waals surface area contributed by atoms with Crippen LogP contribution < -0.4 is 15.6 Å². The highest BCUT2D eigenvalue weighted by Crippen LogP contribution is 2.65. The average Bonchev–Trinajstić information content (AvgIpc) is 3.65. The van der Waals surface area contributed by atoms with Crippen LogP contribution in [0.3, 0.4) is 0 Å². The van der Waals surface area contributed by atoms with Crippen molar-refractivity contribution >= 4 is 80.5 Å². The number of allylic oxidation sites excluding steroid dienone is 2. The molecule has 1 aromatic heterocycles. The van der Waals surface area contributed by atoms with Crippen molar-refractivity contribution in [3.05, 3.63) is 166 Å². The Morgan fingerprint density at radius 3 is 2.19 bits per heavy atom. The van der Waals surface area contributed by atoms with Gasteiger partial charge in [0.15, 0.2) is 5.82 Å². The van der Waals surface area contributed by atoms with E-state index < -0.39 is 75.4 Å². The SMILES string of the molecule is O=C1[C@@H]2C[C@@H]3C(=CC[C@@H]4C(=O)N(c5ccc(Nc6ccccc6)cc5)C(=O)[C@@H]43)[C@H](c3ccc4ccccc4c3O)[C@]2(c2ccc(Cl)cc2)C(=O)N1Nc1ncc(C(F)(F)F)cc1Cl. The van der Waals surface area contributed by atoms with Gasteiger partial charge in [0, 0.05) is 39.5 Å². The third-order valence-corrected chi connectivity index (χ3v) is 13.5. The monoisotopic (exact) mass is 887 g/mol. The van der Waals surface area contributed by atoms with Crippen molar-refractivity contribution in [1.29, 1.82) is 0 Å². The van der Waals surface area contributed by atoms with Crippen molar-refractivity contribution in [2.75, 3.05) is 15.6 Å². The van der Waals surface area contributed by atoms with E-state index in [0.29, 0.717) is 50.4 Å². The van der Waals surface area contributed by atoms with E-state index in [0.717, 1.165) is 16.4 Å². The van der Waals surface area contributed by atoms with Crippen LogP contribution in [0, 0.1) is 23.7 Å². The molecule has 3 fully saturated rings. The second kappa shape index (κ2) is 15.0. The van der Waals surface area contributed by atoms with Gasteiger partial charge in [0.2, 0.25) is 11.8 Å². The fourth-order valence-corrected chi connectivity index (χ4v) is 10.6. The highest BCUT2D eigenvalue weighted by Gasteiger charge is 2.71. The lowest BCUT2D eigenvalue weighted by Crippen LogP contribution is -2.53. The molecule has 3 N–H and O–H groups in total. The number of alkyl halides is 3. The van der Waals surface area contributed by atoms with Crippen LogP contribution >= 0.6 is 23.2 Å². The van der Waals surface area contributed by atoms with E-state index in [-0.39, 0.29) is 24.4 Å². The maximum absolute atomic E-state index is 15.6. The van der Waals surface area contributed by atoms with Crippen LogP contribution in [-0.4, -0.2) is 38.7 Å². The van der Waals surface area contributed by atoms with E-state index in [1.807, 2.05) is 48.5 Å². The van der Waals surface area contributed by atoms with E-state index in [9.17, 15) is 27.9 Å². The number of aromatic nitrogens is 1. The summed E-state index contributed by atoms with van der Waals surface area (Å²) >= 11 is 12.7. The number of imide groups is 2. The molecule has 6 atom stereocenters. The molecule has 10 rings (SSSR count). The summed E-state index contributed by atoms with van der Waals surface area (Å²) in [6.07, 6.45) is -2.31. The zero-order chi connectivity index (χ0) is 43.9. The molecule has 5 aromatic carbocycles. The van der Waals surface area contributed by atoms with Crippen molar-refractivity contribution in [2.45, 2.75) is 30.4 Å². The van der Waals surface area contributed by atoms with E-state index in [4.69, 9.17) is 23.2 Å². The summed E-state index contributed by atoms with van der Waals surface area (Å²) in [6, 6.07) is 34.2. The number of hydrazine groups is 1. The Balaban J connectivity index is 1.11. The molecular formula is C48H34Cl2F3N5O5. The summed E-state index contributed by atoms with van der Waals surface area (Å²) in [6.45, 7) is 0. The van der Waals surface area contributed by atoms with Gasteiger partial charge in [-0.25, -0.2) is 4.98 Å². The Bertz CT molecular complexity index is 2910. The second-order valence-electron chi connectivity index (χ2n) is 16.2. The maximum atomic E-state index is 15.6. The first-order chi connectivity index (χ1) is 30.3. The molecular weight excluding hydrogens is 854 g/mol. The highest BCUT2D eigenvalue weighted by atomic mass is 35.5. The fourth-order valence-electron chi connectivity index (χ4n) is 10.3. The average molecular weight is 889 g/mol. The summed E-state index contributed by atoms with van der Waals surface area (Å²) in [7, 11) is 0. The Kier molecular flexibility index (Phi) is 9.61. The second-order valence-corrected chi connectivity index (χ2v) is 17.0. The van der Waals surface area contributed by atoms with Crippen molar-refractivity contribution in [2.24, 2.45) is 23.7 Å². The molecule has 2 saturated heterocycles. The van der Waals surface area contributed by atoms with Crippen LogP contribution in [-0.2, 0) is 30.8 Å². The number of nitrogens with one attached hydrogen (secondary N) is 2. The number of para-hydroxylation sites is 1. The topological polar surface area (TPSA) is 132 Å². The lowest BCUT2D eigenvalue weighted by Gasteiger charge is -2.50. The smallest absolute Gasteiger partial charge is 0.417 e. The predicted octanol–water partition coefficient (Wildman–Crippen LogP) is 10.2. The normalized spacial score (nSPS) is 24.3. The number of phenolic OH excluding ortho intramolecular Hbond substituents is 1. The summed E-state index contributed by atoms with van der Waals surface area (Å²) in [4.78, 5) is 64.9. The van der Waals surface area contributed by atoms with Gasteiger partial charge in [-0.2, -0.15) is 18.2 Å². The summed E-state index contributed by atoms with van der Waals surface area (Å²) in [5, 5.41) is 17.3. The molecule has 3 heterocycles. The molecule has 1 saturated carbocycles. The fraction of sp³-hybridized carbons (Fsp3) is 0.188. The van der Waals surface area contributed by atoms with Gasteiger partial charge in [-0.05, 0) is 84.3 Å². The lowest BCUT2D eigenvalue weighted by atomic mass is 9.49. The molecule has 316 valence electrons. The molecule has 0 spiro atoms. The molecule has 2 aliphatic heterocycles. The van der Waals surface area contributed by atoms with Crippen LogP contribution in [0.25, 0.3) is 10.8 Å². The first kappa shape index (κ1) is 40.4. The molecule has 63 heavy (non-hydrogen) atoms. The summed E-state index contributed by atoms with van der Waals surface area (Å²) in [5.41, 5.74) is 2.90. The number of hydrogen-bond acceptors (Lipinski definition) is 8. The van der Waals surface area contributed by atoms with Gasteiger partial charge < -0.3 is 10.4 Å². The summed E-state index contributed by atoms with van der Waals surface area (Å²) in [5.74, 6) is -7.80. The molecule has 6 aromatic rings. The van der Waals surface area contributed by atoms with Gasteiger partial charge in [-0.1, -0.05) is 102 Å². The van der Waals surface area contributed by atoms with Crippen LogP contribution in [0.15, 0.2) is 139 Å². The first-order valence-corrected chi connectivity index (χ1v) is 20.9. The molecule has 4 aliphatic rings. The van der Waals surface area contributed by atoms with Crippen molar-refractivity contribution in [3.8, 4) is 5.75 Å². The molecule has 0 bridgehead atoms. The van der Waals surface area contributed by atoms with E-state index in [1.54, 1.807) is 72.8 Å². The number of hydrogen-bond donors (Lipinski definition) is 3. The summed E-state index contributed by atoms with van der Waals surface area (Å²) < 4.78 is 40.8. The first-order valence-electron chi connectivity index (χ1n) is 20.1. The number of anilines is 4. The van der Waals surface area contributed by atoms with Crippen LogP contribution in [0.4, 0.5) is 36.1 Å². The molecule has 2 aliphatic carbocycles. The quantitative estimate of drug-likeness (QED) is 0.107. The Hall–Kier alpha value is -6.70. The van der Waals surface area contributed by atoms with Gasteiger partial charge in [0.05, 0.1) is 39.4 Å². The number of carbonyl (C=O) groups excluding carboxylic acids is 4. The third kappa shape index (κ3) is 6.35. The van der Waals surface area contributed by atoms with Crippen LogP contribution in [0.5, 0.6) is 5.75 Å². The number of fused-ring (bicyclic) bond motifs is 5. The molecule has 10 nitrogen and oxygen atoms in total. The predicted molar refractivity (Wildman–Crippen MR) is 231 cm³/mol. The van der Waals surface area contributed by atoms with Crippen molar-refractivity contribution in [3.63, 3.8) is 0 Å². The standard InChI is InChI=1S/C48H34Cl2F3N5O5/c49-28-13-11-26(12-14-28)47-37(44(61)58(46(47)63)56-42-38(50)22-27(24-54-42)48(51,52)53)23-36-33(40(47)35-19-10-25-6-4-5-9-32(25)41(35)59)20-21-34-39(36)45(62)57(43(34)60)31-17-15-30(16-18-31)55-29-7-2-1-3-8-29/h1-20,22,24,34,36-37,39-40,55,59H,21,23H2,(H,54,56)/t34-,36+,37-,39-,40+,47+/m0/s1. The number of amides is 4. The number of carbonyl (C=O) groups is 4. The Morgan fingerprint density at radius 2 is 1.48 bits per heavy atom. The Morgan fingerprint density at radius 1 is 0.778 bits per heavy atom. The van der Waals surface area contributed by atoms with Crippen LogP contribution in [0.1, 0.15) is 35.4 Å². The molecule has 4 amide bonds. The van der Waals surface area contributed by atoms with E-state index in [2.05, 4.69) is 15.7 Å². The number of nitrogens with zero attached hydrogens (tertiary/aromatic N) is 3. The van der Waals surface area contributed by atoms with E-state index in [1.165, 1.54) is 4.90 Å². The molecule has 0 radical (unpaired) electrons. The number of rotatable bonds is 7. The minimum absolute atomic E-state index is 0.0792.